The van der Waals surface area contributed by atoms with Gasteiger partial charge in [-0.1, -0.05) is 28.8 Å². The monoisotopic (exact) mass is 318 g/mol. The number of hydrogen-bond acceptors (Lipinski definition) is 2. The van der Waals surface area contributed by atoms with E-state index in [9.17, 15) is 8.78 Å². The maximum Gasteiger partial charge on any atom is 0.150 e. The van der Waals surface area contributed by atoms with Crippen LogP contribution < -0.4 is 11.1 Å². The molecule has 100 valence electrons. The summed E-state index contributed by atoms with van der Waals surface area (Å²) in [4.78, 5) is 0. The number of hydrogen-bond donors (Lipinski definition) is 2. The lowest BCUT2D eigenvalue weighted by Crippen LogP contribution is -2.37. The fourth-order valence-corrected chi connectivity index (χ4v) is 2.95. The average molecular weight is 319 g/mol. The first-order chi connectivity index (χ1) is 8.61. The Morgan fingerprint density at radius 2 is 1.83 bits per heavy atom. The van der Waals surface area contributed by atoms with E-state index < -0.39 is 11.6 Å². The van der Waals surface area contributed by atoms with Gasteiger partial charge in [0.2, 0.25) is 0 Å². The summed E-state index contributed by atoms with van der Waals surface area (Å²) in [6.45, 7) is 0.553. The van der Waals surface area contributed by atoms with Crippen LogP contribution in [0.5, 0.6) is 0 Å². The minimum absolute atomic E-state index is 0.0384. The van der Waals surface area contributed by atoms with Crippen molar-refractivity contribution in [1.82, 2.24) is 0 Å². The van der Waals surface area contributed by atoms with Crippen LogP contribution >= 0.6 is 15.9 Å². The smallest absolute Gasteiger partial charge is 0.150 e. The predicted molar refractivity (Wildman–Crippen MR) is 72.5 cm³/mol. The summed E-state index contributed by atoms with van der Waals surface area (Å²) in [6, 6.07) is 2.60. The summed E-state index contributed by atoms with van der Waals surface area (Å²) in [5, 5.41) is 2.99. The maximum atomic E-state index is 13.7. The van der Waals surface area contributed by atoms with Crippen molar-refractivity contribution >= 4 is 21.6 Å². The van der Waals surface area contributed by atoms with Gasteiger partial charge in [0.15, 0.2) is 0 Å². The zero-order chi connectivity index (χ0) is 13.1. The zero-order valence-electron chi connectivity index (χ0n) is 10.1. The molecule has 3 N–H and O–H groups in total. The van der Waals surface area contributed by atoms with Crippen LogP contribution in [-0.4, -0.2) is 12.6 Å². The standard InChI is InChI=1S/C13H17BrF2N2/c14-9-5-10(15)13(11(16)6-9)18-12-4-2-1-3-8(12)7-17/h5-6,8,12,18H,1-4,7,17H2. The lowest BCUT2D eigenvalue weighted by molar-refractivity contribution is 0.331. The molecule has 2 atom stereocenters. The Kier molecular flexibility index (Phi) is 4.56. The van der Waals surface area contributed by atoms with E-state index in [0.717, 1.165) is 25.7 Å². The molecule has 1 saturated carbocycles. The van der Waals surface area contributed by atoms with Crippen LogP contribution in [0.1, 0.15) is 25.7 Å². The third kappa shape index (κ3) is 3.01. The minimum Gasteiger partial charge on any atom is -0.377 e. The van der Waals surface area contributed by atoms with Gasteiger partial charge in [-0.3, -0.25) is 0 Å². The number of nitrogens with two attached hydrogens (primary N) is 1. The van der Waals surface area contributed by atoms with Gasteiger partial charge in [0.05, 0.1) is 0 Å². The van der Waals surface area contributed by atoms with E-state index in [0.29, 0.717) is 16.9 Å². The van der Waals surface area contributed by atoms with Gasteiger partial charge in [-0.2, -0.15) is 0 Å². The molecule has 18 heavy (non-hydrogen) atoms. The van der Waals surface area contributed by atoms with E-state index in [2.05, 4.69) is 21.2 Å². The summed E-state index contributed by atoms with van der Waals surface area (Å²) in [5.41, 5.74) is 5.67. The molecule has 0 aliphatic heterocycles. The van der Waals surface area contributed by atoms with Crippen molar-refractivity contribution in [1.29, 1.82) is 0 Å². The Hall–Kier alpha value is -0.680. The Bertz CT molecular complexity index is 402. The van der Waals surface area contributed by atoms with Crippen LogP contribution in [-0.2, 0) is 0 Å². The number of rotatable bonds is 3. The number of halogens is 3. The fourth-order valence-electron chi connectivity index (χ4n) is 2.55. The van der Waals surface area contributed by atoms with Crippen LogP contribution in [0.15, 0.2) is 16.6 Å². The Morgan fingerprint density at radius 3 is 2.44 bits per heavy atom. The fraction of sp³-hybridized carbons (Fsp3) is 0.538. The van der Waals surface area contributed by atoms with E-state index in [1.165, 1.54) is 12.1 Å². The van der Waals surface area contributed by atoms with E-state index >= 15 is 0 Å². The normalized spacial score (nSPS) is 24.0. The quantitative estimate of drug-likeness (QED) is 0.892. The van der Waals surface area contributed by atoms with Gasteiger partial charge in [-0.15, -0.1) is 0 Å². The predicted octanol–water partition coefficient (Wildman–Crippen LogP) is 3.66. The summed E-state index contributed by atoms with van der Waals surface area (Å²) in [5.74, 6) is -0.840. The van der Waals surface area contributed by atoms with Gasteiger partial charge in [-0.25, -0.2) is 8.78 Å². The Labute approximate surface area is 114 Å². The highest BCUT2D eigenvalue weighted by Gasteiger charge is 2.25. The SMILES string of the molecule is NCC1CCCCC1Nc1c(F)cc(Br)cc1F. The third-order valence-electron chi connectivity index (χ3n) is 3.55. The van der Waals surface area contributed by atoms with Crippen molar-refractivity contribution in [2.45, 2.75) is 31.7 Å². The van der Waals surface area contributed by atoms with E-state index in [4.69, 9.17) is 5.73 Å². The molecule has 0 radical (unpaired) electrons. The minimum atomic E-state index is -0.566. The van der Waals surface area contributed by atoms with Crippen LogP contribution in [0, 0.1) is 17.6 Å². The lowest BCUT2D eigenvalue weighted by Gasteiger charge is -2.32. The Morgan fingerprint density at radius 1 is 1.22 bits per heavy atom. The molecule has 0 heterocycles. The number of anilines is 1. The molecule has 0 amide bonds. The molecule has 0 saturated heterocycles. The van der Waals surface area contributed by atoms with Crippen LogP contribution in [0.4, 0.5) is 14.5 Å². The molecular formula is C13H17BrF2N2. The number of nitrogens with one attached hydrogen (secondary N) is 1. The summed E-state index contributed by atoms with van der Waals surface area (Å²) >= 11 is 3.07. The van der Waals surface area contributed by atoms with Crippen LogP contribution in [0.2, 0.25) is 0 Å². The first kappa shape index (κ1) is 13.7. The van der Waals surface area contributed by atoms with Gasteiger partial charge >= 0.3 is 0 Å². The topological polar surface area (TPSA) is 38.0 Å². The molecule has 5 heteroatoms. The van der Waals surface area contributed by atoms with Crippen molar-refractivity contribution in [3.63, 3.8) is 0 Å². The molecule has 2 nitrogen and oxygen atoms in total. The molecule has 1 aromatic rings. The van der Waals surface area contributed by atoms with Crippen LogP contribution in [0.25, 0.3) is 0 Å². The second kappa shape index (κ2) is 5.97. The third-order valence-corrected chi connectivity index (χ3v) is 4.01. The molecule has 1 aliphatic rings. The molecule has 2 rings (SSSR count). The van der Waals surface area contributed by atoms with Gasteiger partial charge < -0.3 is 11.1 Å². The van der Waals surface area contributed by atoms with E-state index in [-0.39, 0.29) is 11.7 Å². The van der Waals surface area contributed by atoms with E-state index in [1.54, 1.807) is 0 Å². The van der Waals surface area contributed by atoms with Crippen molar-refractivity contribution in [2.75, 3.05) is 11.9 Å². The molecule has 1 aliphatic carbocycles. The molecule has 0 bridgehead atoms. The summed E-state index contributed by atoms with van der Waals surface area (Å²) in [6.07, 6.45) is 4.16. The molecular weight excluding hydrogens is 302 g/mol. The van der Waals surface area contributed by atoms with Crippen molar-refractivity contribution in [3.8, 4) is 0 Å². The Balaban J connectivity index is 2.17. The second-order valence-corrected chi connectivity index (χ2v) is 5.69. The average Bonchev–Trinajstić information content (AvgIpc) is 2.34. The zero-order valence-corrected chi connectivity index (χ0v) is 11.6. The van der Waals surface area contributed by atoms with Crippen molar-refractivity contribution in [3.05, 3.63) is 28.2 Å². The first-order valence-electron chi connectivity index (χ1n) is 6.23. The van der Waals surface area contributed by atoms with Gasteiger partial charge in [0.25, 0.3) is 0 Å². The summed E-state index contributed by atoms with van der Waals surface area (Å²) in [7, 11) is 0. The highest BCUT2D eigenvalue weighted by molar-refractivity contribution is 9.10. The molecule has 1 fully saturated rings. The molecule has 0 spiro atoms. The van der Waals surface area contributed by atoms with Crippen molar-refractivity contribution in [2.24, 2.45) is 11.7 Å². The van der Waals surface area contributed by atoms with Gasteiger partial charge in [-0.05, 0) is 37.4 Å². The van der Waals surface area contributed by atoms with Crippen molar-refractivity contribution < 1.29 is 8.78 Å². The van der Waals surface area contributed by atoms with Crippen LogP contribution in [0.3, 0.4) is 0 Å². The molecule has 2 unspecified atom stereocenters. The van der Waals surface area contributed by atoms with E-state index in [1.807, 2.05) is 0 Å². The largest absolute Gasteiger partial charge is 0.377 e. The molecule has 0 aromatic heterocycles. The van der Waals surface area contributed by atoms with Gasteiger partial charge in [0, 0.05) is 10.5 Å². The lowest BCUT2D eigenvalue weighted by atomic mass is 9.84. The highest BCUT2D eigenvalue weighted by Crippen LogP contribution is 2.30. The first-order valence-corrected chi connectivity index (χ1v) is 7.02. The second-order valence-electron chi connectivity index (χ2n) is 4.78. The molecule has 1 aromatic carbocycles. The number of benzene rings is 1. The maximum absolute atomic E-state index is 13.7. The summed E-state index contributed by atoms with van der Waals surface area (Å²) < 4.78 is 27.9. The van der Waals surface area contributed by atoms with Gasteiger partial charge in [0.1, 0.15) is 17.3 Å². The highest BCUT2D eigenvalue weighted by atomic mass is 79.9.